The maximum atomic E-state index is 13.9. The van der Waals surface area contributed by atoms with E-state index in [2.05, 4.69) is 34.6 Å². The fraction of sp³-hybridized carbons (Fsp3) is 0.794. The Labute approximate surface area is 243 Å². The predicted molar refractivity (Wildman–Crippen MR) is 158 cm³/mol. The molecule has 4 saturated carbocycles. The van der Waals surface area contributed by atoms with Gasteiger partial charge < -0.3 is 5.11 Å². The largest absolute Gasteiger partial charge is 0.381 e. The van der Waals surface area contributed by atoms with E-state index in [-0.39, 0.29) is 28.4 Å². The Morgan fingerprint density at radius 2 is 1.68 bits per heavy atom. The lowest BCUT2D eigenvalue weighted by Gasteiger charge is -2.63. The summed E-state index contributed by atoms with van der Waals surface area (Å²) in [5.74, 6) is 3.23. The van der Waals surface area contributed by atoms with Crippen molar-refractivity contribution in [1.29, 1.82) is 0 Å². The summed E-state index contributed by atoms with van der Waals surface area (Å²) in [6.07, 6.45) is 9.50. The number of fused-ring (bicyclic) bond motifs is 5. The molecule has 0 aliphatic heterocycles. The fourth-order valence-corrected chi connectivity index (χ4v) is 11.2. The third-order valence-corrected chi connectivity index (χ3v) is 13.7. The molecule has 4 fully saturated rings. The predicted octanol–water partition coefficient (Wildman–Crippen LogP) is 7.48. The van der Waals surface area contributed by atoms with Crippen molar-refractivity contribution in [2.45, 2.75) is 129 Å². The molecule has 0 bridgehead atoms. The molecule has 9 atom stereocenters. The highest BCUT2D eigenvalue weighted by molar-refractivity contribution is 7.86. The van der Waals surface area contributed by atoms with Crippen LogP contribution in [0.4, 0.5) is 0 Å². The molecule has 40 heavy (non-hydrogen) atoms. The maximum absolute atomic E-state index is 13.9. The number of rotatable bonds is 8. The second kappa shape index (κ2) is 10.8. The van der Waals surface area contributed by atoms with E-state index in [0.717, 1.165) is 17.9 Å². The lowest BCUT2D eigenvalue weighted by molar-refractivity contribution is -0.211. The van der Waals surface area contributed by atoms with Crippen LogP contribution in [0.2, 0.25) is 0 Å². The van der Waals surface area contributed by atoms with Gasteiger partial charge in [-0.2, -0.15) is 8.42 Å². The smallest absolute Gasteiger partial charge is 0.297 e. The zero-order valence-electron chi connectivity index (χ0n) is 25.6. The van der Waals surface area contributed by atoms with Crippen molar-refractivity contribution >= 4 is 15.9 Å². The molecule has 0 heterocycles. The molecule has 0 saturated heterocycles. The Morgan fingerprint density at radius 3 is 2.35 bits per heavy atom. The van der Waals surface area contributed by atoms with Crippen molar-refractivity contribution in [2.24, 2.45) is 46.3 Å². The highest BCUT2D eigenvalue weighted by atomic mass is 32.2. The average molecular weight is 573 g/mol. The molecule has 5 nitrogen and oxygen atoms in total. The molecule has 224 valence electrons. The van der Waals surface area contributed by atoms with Gasteiger partial charge in [0.25, 0.3) is 10.1 Å². The van der Waals surface area contributed by atoms with E-state index in [1.807, 2.05) is 6.92 Å². The van der Waals surface area contributed by atoms with Crippen LogP contribution in [-0.4, -0.2) is 31.0 Å². The zero-order valence-corrected chi connectivity index (χ0v) is 26.4. The third-order valence-electron chi connectivity index (χ3n) is 12.4. The fourth-order valence-electron chi connectivity index (χ4n) is 10.0. The molecule has 0 radical (unpaired) electrons. The Kier molecular flexibility index (Phi) is 8.15. The number of carbonyl (C=O) groups excluding carboxylic acids is 1. The number of Topliss-reactive ketones (excluding diaryl/α,β-unsaturated/α-hetero) is 1. The molecule has 0 amide bonds. The molecule has 1 aromatic rings. The number of hydrogen-bond donors (Lipinski definition) is 1. The molecular formula is C34H52O5S. The minimum atomic E-state index is -3.97. The van der Waals surface area contributed by atoms with Crippen molar-refractivity contribution in [1.82, 2.24) is 0 Å². The van der Waals surface area contributed by atoms with Crippen LogP contribution in [0, 0.1) is 53.3 Å². The normalized spacial score (nSPS) is 40.4. The molecule has 4 aliphatic rings. The number of aliphatic hydroxyl groups is 1. The van der Waals surface area contributed by atoms with Crippen molar-refractivity contribution in [2.75, 3.05) is 0 Å². The van der Waals surface area contributed by atoms with E-state index in [1.54, 1.807) is 24.3 Å². The van der Waals surface area contributed by atoms with Gasteiger partial charge in [-0.15, -0.1) is 0 Å². The van der Waals surface area contributed by atoms with Crippen molar-refractivity contribution in [3.63, 3.8) is 0 Å². The standard InChI is InChI=1S/C34H52O5S/c1-22(2)8-7-9-24(4)28-14-15-29-27-20-31(35)34(36)21-25(39-40(37,38)26-12-10-23(3)11-13-26)16-19-33(34,6)30(27)17-18-32(28,29)5/h10-13,22,24-25,27-30,36H,7-9,14-21H2,1-6H3. The molecule has 5 rings (SSSR count). The summed E-state index contributed by atoms with van der Waals surface area (Å²) >= 11 is 0. The van der Waals surface area contributed by atoms with E-state index in [9.17, 15) is 18.3 Å². The van der Waals surface area contributed by atoms with Crippen molar-refractivity contribution < 1.29 is 22.5 Å². The van der Waals surface area contributed by atoms with Gasteiger partial charge in [0.05, 0.1) is 11.0 Å². The summed E-state index contributed by atoms with van der Waals surface area (Å²) in [5.41, 5.74) is -0.826. The summed E-state index contributed by atoms with van der Waals surface area (Å²) < 4.78 is 31.7. The summed E-state index contributed by atoms with van der Waals surface area (Å²) in [5, 5.41) is 12.1. The third kappa shape index (κ3) is 5.02. The lowest BCUT2D eigenvalue weighted by Crippen LogP contribution is -2.67. The van der Waals surface area contributed by atoms with E-state index < -0.39 is 27.2 Å². The Balaban J connectivity index is 1.31. The minimum Gasteiger partial charge on any atom is -0.381 e. The first kappa shape index (κ1) is 30.2. The van der Waals surface area contributed by atoms with Gasteiger partial charge in [0.2, 0.25) is 0 Å². The van der Waals surface area contributed by atoms with Crippen LogP contribution in [0.15, 0.2) is 29.2 Å². The summed E-state index contributed by atoms with van der Waals surface area (Å²) in [4.78, 5) is 14.0. The Bertz CT molecular complexity index is 1190. The monoisotopic (exact) mass is 572 g/mol. The van der Waals surface area contributed by atoms with Gasteiger partial charge in [-0.25, -0.2) is 0 Å². The summed E-state index contributed by atoms with van der Waals surface area (Å²) in [6.45, 7) is 13.6. The summed E-state index contributed by atoms with van der Waals surface area (Å²) in [7, 11) is -3.97. The van der Waals surface area contributed by atoms with Gasteiger partial charge in [0, 0.05) is 18.3 Å². The average Bonchev–Trinajstić information content (AvgIpc) is 3.23. The number of ketones is 1. The molecule has 4 aliphatic carbocycles. The van der Waals surface area contributed by atoms with Crippen molar-refractivity contribution in [3.05, 3.63) is 29.8 Å². The van der Waals surface area contributed by atoms with Crippen LogP contribution < -0.4 is 0 Å². The lowest BCUT2D eigenvalue weighted by atomic mass is 9.42. The number of aryl methyl sites for hydroxylation is 1. The van der Waals surface area contributed by atoms with E-state index in [4.69, 9.17) is 4.18 Å². The Morgan fingerprint density at radius 1 is 0.975 bits per heavy atom. The summed E-state index contributed by atoms with van der Waals surface area (Å²) in [6, 6.07) is 6.62. The topological polar surface area (TPSA) is 80.7 Å². The van der Waals surface area contributed by atoms with Gasteiger partial charge in [-0.3, -0.25) is 8.98 Å². The molecule has 1 aromatic carbocycles. The SMILES string of the molecule is Cc1ccc(S(=O)(=O)OC2CCC3(C)C4CCC5(C)C(C(C)CCCC(C)C)CCC5C4CC(=O)C3(O)C2)cc1. The first-order valence-corrected chi connectivity index (χ1v) is 17.4. The quantitative estimate of drug-likeness (QED) is 0.327. The van der Waals surface area contributed by atoms with E-state index in [0.29, 0.717) is 42.9 Å². The van der Waals surface area contributed by atoms with E-state index >= 15 is 0 Å². The van der Waals surface area contributed by atoms with E-state index in [1.165, 1.54) is 38.5 Å². The molecule has 1 N–H and O–H groups in total. The second-order valence-corrected chi connectivity index (χ2v) is 16.6. The van der Waals surface area contributed by atoms with Crippen LogP contribution in [0.3, 0.4) is 0 Å². The van der Waals surface area contributed by atoms with Gasteiger partial charge in [0.15, 0.2) is 5.78 Å². The first-order valence-electron chi connectivity index (χ1n) is 16.0. The van der Waals surface area contributed by atoms with Crippen LogP contribution >= 0.6 is 0 Å². The second-order valence-electron chi connectivity index (χ2n) is 15.0. The van der Waals surface area contributed by atoms with Crippen LogP contribution in [-0.2, 0) is 19.1 Å². The number of benzene rings is 1. The van der Waals surface area contributed by atoms with Crippen LogP contribution in [0.5, 0.6) is 0 Å². The zero-order chi connectivity index (χ0) is 29.1. The number of hydrogen-bond acceptors (Lipinski definition) is 5. The number of carbonyl (C=O) groups is 1. The first-order chi connectivity index (χ1) is 18.7. The van der Waals surface area contributed by atoms with Gasteiger partial charge >= 0.3 is 0 Å². The maximum Gasteiger partial charge on any atom is 0.297 e. The molecule has 0 spiro atoms. The highest BCUT2D eigenvalue weighted by Crippen LogP contribution is 2.68. The molecule has 0 aromatic heterocycles. The van der Waals surface area contributed by atoms with Gasteiger partial charge in [0.1, 0.15) is 5.60 Å². The molecule has 9 unspecified atom stereocenters. The highest BCUT2D eigenvalue weighted by Gasteiger charge is 2.68. The van der Waals surface area contributed by atoms with Gasteiger partial charge in [-0.05, 0) is 98.5 Å². The Hall–Kier alpha value is -1.24. The molecular weight excluding hydrogens is 520 g/mol. The van der Waals surface area contributed by atoms with Crippen LogP contribution in [0.1, 0.15) is 111 Å². The molecule has 6 heteroatoms. The van der Waals surface area contributed by atoms with Crippen LogP contribution in [0.25, 0.3) is 0 Å². The van der Waals surface area contributed by atoms with Gasteiger partial charge in [-0.1, -0.05) is 71.6 Å². The van der Waals surface area contributed by atoms with Crippen molar-refractivity contribution in [3.8, 4) is 0 Å². The minimum absolute atomic E-state index is 0.0636.